The number of amides is 1. The third kappa shape index (κ3) is 4.93. The lowest BCUT2D eigenvalue weighted by atomic mass is 9.98. The molecule has 116 valence electrons. The average Bonchev–Trinajstić information content (AvgIpc) is 2.54. The number of nitrogens with zero attached hydrogens (tertiary/aromatic N) is 1. The molecule has 1 aliphatic heterocycles. The van der Waals surface area contributed by atoms with E-state index in [1.54, 1.807) is 11.8 Å². The minimum atomic E-state index is 0.185. The van der Waals surface area contributed by atoms with Crippen molar-refractivity contribution in [2.24, 2.45) is 5.92 Å². The quantitative estimate of drug-likeness (QED) is 0.820. The van der Waals surface area contributed by atoms with Crippen LogP contribution >= 0.6 is 11.8 Å². The van der Waals surface area contributed by atoms with E-state index in [1.165, 1.54) is 0 Å². The van der Waals surface area contributed by atoms with Gasteiger partial charge in [-0.1, -0.05) is 0 Å². The monoisotopic (exact) mass is 309 g/mol. The highest BCUT2D eigenvalue weighted by molar-refractivity contribution is 8.00. The lowest BCUT2D eigenvalue weighted by Crippen LogP contribution is -2.40. The molecule has 0 radical (unpaired) electrons. The Kier molecular flexibility index (Phi) is 6.39. The zero-order valence-electron chi connectivity index (χ0n) is 12.5. The van der Waals surface area contributed by atoms with Crippen molar-refractivity contribution in [2.45, 2.75) is 24.7 Å². The van der Waals surface area contributed by atoms with E-state index >= 15 is 0 Å². The van der Waals surface area contributed by atoms with Gasteiger partial charge in [0.15, 0.2) is 0 Å². The van der Waals surface area contributed by atoms with Crippen molar-refractivity contribution in [3.8, 4) is 5.75 Å². The van der Waals surface area contributed by atoms with Gasteiger partial charge in [-0.15, -0.1) is 11.8 Å². The zero-order valence-corrected chi connectivity index (χ0v) is 13.3. The Bertz CT molecular complexity index is 441. The molecule has 1 N–H and O–H groups in total. The number of carbonyl (C=O) groups excluding carboxylic acids is 1. The lowest BCUT2D eigenvalue weighted by Gasteiger charge is -2.31. The standard InChI is InChI=1S/C16H23NO3S/c1-2-20-14-3-5-15(6-4-14)21-12-16(19)17-9-7-13(11-18)8-10-17/h3-6,13,18H,2,7-12H2,1H3. The van der Waals surface area contributed by atoms with Crippen molar-refractivity contribution in [1.82, 2.24) is 4.90 Å². The molecule has 0 saturated carbocycles. The molecule has 1 fully saturated rings. The summed E-state index contributed by atoms with van der Waals surface area (Å²) in [6.07, 6.45) is 1.83. The van der Waals surface area contributed by atoms with Crippen LogP contribution in [0.2, 0.25) is 0 Å². The molecule has 2 rings (SSSR count). The van der Waals surface area contributed by atoms with Crippen molar-refractivity contribution in [2.75, 3.05) is 32.1 Å². The number of ether oxygens (including phenoxy) is 1. The first kappa shape index (κ1) is 16.2. The first-order valence-corrected chi connectivity index (χ1v) is 8.45. The summed E-state index contributed by atoms with van der Waals surface area (Å²) in [5.41, 5.74) is 0. The molecule has 1 aromatic rings. The van der Waals surface area contributed by atoms with Gasteiger partial charge in [0, 0.05) is 24.6 Å². The van der Waals surface area contributed by atoms with E-state index in [0.29, 0.717) is 18.3 Å². The molecule has 1 heterocycles. The second-order valence-electron chi connectivity index (χ2n) is 5.20. The van der Waals surface area contributed by atoms with Gasteiger partial charge < -0.3 is 14.7 Å². The van der Waals surface area contributed by atoms with Crippen molar-refractivity contribution in [3.05, 3.63) is 24.3 Å². The number of piperidine rings is 1. The maximum atomic E-state index is 12.2. The van der Waals surface area contributed by atoms with Crippen LogP contribution in [-0.4, -0.2) is 48.0 Å². The first-order chi connectivity index (χ1) is 10.2. The van der Waals surface area contributed by atoms with Gasteiger partial charge in [0.05, 0.1) is 12.4 Å². The first-order valence-electron chi connectivity index (χ1n) is 7.47. The second-order valence-corrected chi connectivity index (χ2v) is 6.25. The molecule has 1 saturated heterocycles. The largest absolute Gasteiger partial charge is 0.494 e. The maximum Gasteiger partial charge on any atom is 0.232 e. The number of benzene rings is 1. The minimum Gasteiger partial charge on any atom is -0.494 e. The number of carbonyl (C=O) groups is 1. The summed E-state index contributed by atoms with van der Waals surface area (Å²) in [5, 5.41) is 9.11. The smallest absolute Gasteiger partial charge is 0.232 e. The molecule has 0 aromatic heterocycles. The van der Waals surface area contributed by atoms with E-state index in [2.05, 4.69) is 0 Å². The fourth-order valence-electron chi connectivity index (χ4n) is 2.40. The maximum absolute atomic E-state index is 12.2. The molecular weight excluding hydrogens is 286 g/mol. The van der Waals surface area contributed by atoms with Gasteiger partial charge in [-0.25, -0.2) is 0 Å². The van der Waals surface area contributed by atoms with E-state index in [-0.39, 0.29) is 12.5 Å². The molecule has 21 heavy (non-hydrogen) atoms. The Morgan fingerprint density at radius 2 is 2.00 bits per heavy atom. The van der Waals surface area contributed by atoms with Crippen LogP contribution in [0, 0.1) is 5.92 Å². The van der Waals surface area contributed by atoms with Crippen LogP contribution in [0.15, 0.2) is 29.2 Å². The van der Waals surface area contributed by atoms with Crippen LogP contribution in [0.25, 0.3) is 0 Å². The number of rotatable bonds is 6. The molecule has 1 amide bonds. The van der Waals surface area contributed by atoms with Crippen molar-refractivity contribution < 1.29 is 14.6 Å². The fourth-order valence-corrected chi connectivity index (χ4v) is 3.20. The van der Waals surface area contributed by atoms with Gasteiger partial charge in [0.1, 0.15) is 5.75 Å². The number of thioether (sulfide) groups is 1. The molecule has 1 aliphatic rings. The SMILES string of the molecule is CCOc1ccc(SCC(=O)N2CCC(CO)CC2)cc1. The summed E-state index contributed by atoms with van der Waals surface area (Å²) in [5.74, 6) is 1.88. The van der Waals surface area contributed by atoms with Crippen LogP contribution in [0.4, 0.5) is 0 Å². The second kappa shape index (κ2) is 8.29. The number of aliphatic hydroxyl groups is 1. The highest BCUT2D eigenvalue weighted by atomic mass is 32.2. The molecule has 5 heteroatoms. The van der Waals surface area contributed by atoms with Gasteiger partial charge >= 0.3 is 0 Å². The summed E-state index contributed by atoms with van der Waals surface area (Å²) < 4.78 is 5.40. The predicted molar refractivity (Wildman–Crippen MR) is 84.7 cm³/mol. The average molecular weight is 309 g/mol. The van der Waals surface area contributed by atoms with E-state index in [1.807, 2.05) is 36.1 Å². The van der Waals surface area contributed by atoms with Crippen LogP contribution in [0.5, 0.6) is 5.75 Å². The fraction of sp³-hybridized carbons (Fsp3) is 0.562. The minimum absolute atomic E-state index is 0.185. The molecule has 1 aromatic carbocycles. The van der Waals surface area contributed by atoms with Gasteiger partial charge in [0.25, 0.3) is 0 Å². The lowest BCUT2D eigenvalue weighted by molar-refractivity contribution is -0.129. The number of aliphatic hydroxyl groups excluding tert-OH is 1. The number of likely N-dealkylation sites (tertiary alicyclic amines) is 1. The van der Waals surface area contributed by atoms with E-state index in [0.717, 1.165) is 36.6 Å². The van der Waals surface area contributed by atoms with Crippen LogP contribution < -0.4 is 4.74 Å². The van der Waals surface area contributed by atoms with Gasteiger partial charge in [-0.2, -0.15) is 0 Å². The Hall–Kier alpha value is -1.20. The van der Waals surface area contributed by atoms with Crippen molar-refractivity contribution in [3.63, 3.8) is 0 Å². The van der Waals surface area contributed by atoms with Crippen LogP contribution in [0.3, 0.4) is 0 Å². The predicted octanol–water partition coefficient (Wildman–Crippen LogP) is 2.41. The summed E-state index contributed by atoms with van der Waals surface area (Å²) >= 11 is 1.56. The summed E-state index contributed by atoms with van der Waals surface area (Å²) in [6, 6.07) is 7.84. The highest BCUT2D eigenvalue weighted by Gasteiger charge is 2.22. The van der Waals surface area contributed by atoms with Crippen molar-refractivity contribution in [1.29, 1.82) is 0 Å². The molecule has 0 unspecified atom stereocenters. The molecule has 0 atom stereocenters. The van der Waals surface area contributed by atoms with Crippen LogP contribution in [-0.2, 0) is 4.79 Å². The molecule has 4 nitrogen and oxygen atoms in total. The Morgan fingerprint density at radius 3 is 2.57 bits per heavy atom. The van der Waals surface area contributed by atoms with Gasteiger partial charge in [0.2, 0.25) is 5.91 Å². The summed E-state index contributed by atoms with van der Waals surface area (Å²) in [7, 11) is 0. The molecular formula is C16H23NO3S. The topological polar surface area (TPSA) is 49.8 Å². The Balaban J connectivity index is 1.76. The Morgan fingerprint density at radius 1 is 1.33 bits per heavy atom. The zero-order chi connectivity index (χ0) is 15.1. The number of hydrogen-bond acceptors (Lipinski definition) is 4. The molecule has 0 spiro atoms. The third-order valence-electron chi connectivity index (χ3n) is 3.72. The van der Waals surface area contributed by atoms with Crippen molar-refractivity contribution >= 4 is 17.7 Å². The van der Waals surface area contributed by atoms with E-state index < -0.39 is 0 Å². The Labute approximate surface area is 130 Å². The third-order valence-corrected chi connectivity index (χ3v) is 4.72. The normalized spacial score (nSPS) is 16.0. The number of hydrogen-bond donors (Lipinski definition) is 1. The van der Waals surface area contributed by atoms with Gasteiger partial charge in [-0.05, 0) is 49.9 Å². The van der Waals surface area contributed by atoms with E-state index in [9.17, 15) is 4.79 Å². The van der Waals surface area contributed by atoms with E-state index in [4.69, 9.17) is 9.84 Å². The highest BCUT2D eigenvalue weighted by Crippen LogP contribution is 2.23. The van der Waals surface area contributed by atoms with Crippen LogP contribution in [0.1, 0.15) is 19.8 Å². The molecule has 0 bridgehead atoms. The summed E-state index contributed by atoms with van der Waals surface area (Å²) in [4.78, 5) is 15.1. The summed E-state index contributed by atoms with van der Waals surface area (Å²) in [6.45, 7) is 4.40. The van der Waals surface area contributed by atoms with Gasteiger partial charge in [-0.3, -0.25) is 4.79 Å². The molecule has 0 aliphatic carbocycles.